The smallest absolute Gasteiger partial charge is 0.204 e. The lowest BCUT2D eigenvalue weighted by Gasteiger charge is -2.22. The van der Waals surface area contributed by atoms with Crippen molar-refractivity contribution in [2.75, 3.05) is 42.7 Å². The van der Waals surface area contributed by atoms with Crippen molar-refractivity contribution in [1.82, 2.24) is 49.5 Å². The van der Waals surface area contributed by atoms with Crippen molar-refractivity contribution in [1.29, 1.82) is 0 Å². The first kappa shape index (κ1) is 54.2. The minimum Gasteiger partial charge on any atom is -0.494 e. The van der Waals surface area contributed by atoms with Crippen LogP contribution in [0.3, 0.4) is 0 Å². The van der Waals surface area contributed by atoms with Crippen molar-refractivity contribution in [3.63, 3.8) is 0 Å². The zero-order chi connectivity index (χ0) is 53.5. The highest BCUT2D eigenvalue weighted by Crippen LogP contribution is 2.39. The fourth-order valence-electron chi connectivity index (χ4n) is 7.94. The Morgan fingerprint density at radius 1 is 0.486 bits per heavy atom. The molecule has 6 heterocycles. The highest BCUT2D eigenvalue weighted by molar-refractivity contribution is 7.91. The van der Waals surface area contributed by atoms with Crippen LogP contribution < -0.4 is 18.9 Å². The molecule has 0 aliphatic carbocycles. The van der Waals surface area contributed by atoms with Crippen LogP contribution >= 0.6 is 0 Å². The molecule has 0 unspecified atom stereocenters. The molecule has 0 saturated carbocycles. The zero-order valence-corrected chi connectivity index (χ0v) is 44.6. The number of nitrogens with zero attached hydrogens (tertiary/aromatic N) is 10. The maximum atomic E-state index is 13.7. The number of sulfone groups is 2. The Balaban J connectivity index is 0.000000216. The van der Waals surface area contributed by atoms with Crippen LogP contribution in [-0.4, -0.2) is 119 Å². The average Bonchev–Trinajstić information content (AvgIpc) is 4.22. The van der Waals surface area contributed by atoms with Gasteiger partial charge in [0.15, 0.2) is 54.5 Å². The van der Waals surface area contributed by atoms with Gasteiger partial charge in [0.2, 0.25) is 11.6 Å². The van der Waals surface area contributed by atoms with E-state index >= 15 is 0 Å². The van der Waals surface area contributed by atoms with E-state index in [4.69, 9.17) is 37.3 Å². The number of furan rings is 2. The van der Waals surface area contributed by atoms with Crippen molar-refractivity contribution < 1.29 is 54.1 Å². The zero-order valence-electron chi connectivity index (χ0n) is 43.0. The van der Waals surface area contributed by atoms with Gasteiger partial charge < -0.3 is 37.3 Å². The fraction of sp³-hybridized carbons (Fsp3) is 0.360. The van der Waals surface area contributed by atoms with Gasteiger partial charge in [0.25, 0.3) is 0 Å². The molecular formula is C50H58N10O12S2. The van der Waals surface area contributed by atoms with Crippen LogP contribution in [0.15, 0.2) is 94.3 Å². The molecule has 0 saturated heterocycles. The number of hydrogen-bond donors (Lipinski definition) is 0. The summed E-state index contributed by atoms with van der Waals surface area (Å²) in [5.41, 5.74) is 2.61. The van der Waals surface area contributed by atoms with Crippen molar-refractivity contribution in [2.45, 2.75) is 75.8 Å². The van der Waals surface area contributed by atoms with Gasteiger partial charge in [0.1, 0.15) is 69.6 Å². The number of hydrogen-bond acceptors (Lipinski definition) is 20. The van der Waals surface area contributed by atoms with E-state index < -0.39 is 53.9 Å². The first-order valence-electron chi connectivity index (χ1n) is 22.9. The second-order valence-electron chi connectivity index (χ2n) is 17.0. The lowest BCUT2D eigenvalue weighted by atomic mass is 10.2. The van der Waals surface area contributed by atoms with Gasteiger partial charge >= 0.3 is 0 Å². The van der Waals surface area contributed by atoms with Crippen LogP contribution in [0, 0.1) is 27.7 Å². The van der Waals surface area contributed by atoms with E-state index in [1.54, 1.807) is 122 Å². The molecule has 0 spiro atoms. The largest absolute Gasteiger partial charge is 0.494 e. The van der Waals surface area contributed by atoms with Gasteiger partial charge in [-0.1, -0.05) is 12.1 Å². The molecule has 0 amide bonds. The van der Waals surface area contributed by atoms with Crippen LogP contribution in [0.25, 0.3) is 34.5 Å². The highest BCUT2D eigenvalue weighted by Gasteiger charge is 2.37. The minimum absolute atomic E-state index is 0.151. The number of aryl methyl sites for hydroxylation is 4. The molecule has 24 heteroatoms. The van der Waals surface area contributed by atoms with Crippen molar-refractivity contribution >= 4 is 19.7 Å². The number of para-hydroxylation sites is 2. The molecule has 2 aromatic carbocycles. The summed E-state index contributed by atoms with van der Waals surface area (Å²) in [5, 5.41) is 15.1. The summed E-state index contributed by atoms with van der Waals surface area (Å²) in [4.78, 5) is 17.1. The van der Waals surface area contributed by atoms with Crippen LogP contribution in [0.4, 0.5) is 0 Å². The first-order chi connectivity index (χ1) is 35.4. The van der Waals surface area contributed by atoms with Crippen molar-refractivity contribution in [3.8, 4) is 57.5 Å². The van der Waals surface area contributed by atoms with Crippen molar-refractivity contribution in [2.24, 2.45) is 0 Å². The predicted molar refractivity (Wildman–Crippen MR) is 271 cm³/mol. The van der Waals surface area contributed by atoms with Gasteiger partial charge in [0, 0.05) is 39.0 Å². The summed E-state index contributed by atoms with van der Waals surface area (Å²) in [7, 11) is 1.21. The Kier molecular flexibility index (Phi) is 16.9. The van der Waals surface area contributed by atoms with E-state index in [1.165, 1.54) is 42.7 Å². The molecular weight excluding hydrogens is 997 g/mol. The maximum absolute atomic E-state index is 13.7. The van der Waals surface area contributed by atoms with E-state index in [9.17, 15) is 16.8 Å². The van der Waals surface area contributed by atoms with Crippen LogP contribution in [0.2, 0.25) is 0 Å². The van der Waals surface area contributed by atoms with Gasteiger partial charge in [-0.15, -0.1) is 20.4 Å². The van der Waals surface area contributed by atoms with Gasteiger partial charge in [-0.3, -0.25) is 9.13 Å². The lowest BCUT2D eigenvalue weighted by molar-refractivity contribution is 0.0947. The molecule has 8 rings (SSSR count). The third-order valence-electron chi connectivity index (χ3n) is 11.9. The van der Waals surface area contributed by atoms with E-state index in [0.717, 1.165) is 11.1 Å². The molecule has 0 aliphatic rings. The molecule has 0 fully saturated rings. The van der Waals surface area contributed by atoms with Crippen LogP contribution in [0.1, 0.15) is 72.0 Å². The van der Waals surface area contributed by atoms with E-state index in [0.29, 0.717) is 69.1 Å². The van der Waals surface area contributed by atoms with E-state index in [1.807, 2.05) is 13.8 Å². The fourth-order valence-corrected chi connectivity index (χ4v) is 10.8. The van der Waals surface area contributed by atoms with E-state index in [2.05, 4.69) is 40.3 Å². The Labute approximate surface area is 428 Å². The van der Waals surface area contributed by atoms with E-state index in [-0.39, 0.29) is 23.3 Å². The molecule has 74 heavy (non-hydrogen) atoms. The SMILES string of the molecule is COc1cccc(OC)c1-n1c(CS(=O)(=O)[C@@H](C)[C@@H](OC)c2ncc(C)cn2)nnc1-c1ccc(C)o1.COc1cccc(OC)c1-n1c(CS(=O)(=O)[C@H](C)[C@H](OC)c2ncc(C)cn2)nnc1-c1ccc(C)o1. The second kappa shape index (κ2) is 23.1. The summed E-state index contributed by atoms with van der Waals surface area (Å²) in [6.07, 6.45) is 4.72. The number of rotatable bonds is 20. The maximum Gasteiger partial charge on any atom is 0.204 e. The standard InChI is InChI=1S/2C25H29N5O6S/c2*1-15-12-26-24(27-13-15)23(35-6)17(3)37(31,32)14-21-28-29-25(20-11-10-16(2)36-20)30(21)22-18(33-4)8-7-9-19(22)34-5/h2*7-13,17,23H,14H2,1-6H3/t2*17-,23+/m10/s1. The molecule has 0 N–H and O–H groups in total. The molecule has 8 aromatic rings. The monoisotopic (exact) mass is 1050 g/mol. The summed E-state index contributed by atoms with van der Waals surface area (Å²) in [6, 6.07) is 17.6. The van der Waals surface area contributed by atoms with Gasteiger partial charge in [-0.05, 0) is 101 Å². The summed E-state index contributed by atoms with van der Waals surface area (Å²) in [5.74, 6) is 4.51. The average molecular weight is 1060 g/mol. The Morgan fingerprint density at radius 3 is 1.08 bits per heavy atom. The molecule has 4 atom stereocenters. The summed E-state index contributed by atoms with van der Waals surface area (Å²) in [6.45, 7) is 10.4. The third kappa shape index (κ3) is 11.5. The number of benzene rings is 2. The van der Waals surface area contributed by atoms with Gasteiger partial charge in [-0.25, -0.2) is 36.8 Å². The normalized spacial score (nSPS) is 13.4. The molecule has 6 aromatic heterocycles. The highest BCUT2D eigenvalue weighted by atomic mass is 32.2. The molecule has 0 radical (unpaired) electrons. The number of aromatic nitrogens is 10. The van der Waals surface area contributed by atoms with Gasteiger partial charge in [-0.2, -0.15) is 0 Å². The Morgan fingerprint density at radius 2 is 0.811 bits per heavy atom. The Bertz CT molecular complexity index is 3140. The van der Waals surface area contributed by atoms with Crippen LogP contribution in [0.5, 0.6) is 23.0 Å². The lowest BCUT2D eigenvalue weighted by Crippen LogP contribution is -2.30. The first-order valence-corrected chi connectivity index (χ1v) is 26.3. The molecule has 0 bridgehead atoms. The summed E-state index contributed by atoms with van der Waals surface area (Å²) < 4.78 is 103. The Hall–Kier alpha value is -7.54. The minimum atomic E-state index is -3.86. The topological polar surface area (TPSA) is 263 Å². The number of methoxy groups -OCH3 is 6. The molecule has 392 valence electrons. The second-order valence-corrected chi connectivity index (χ2v) is 21.7. The molecule has 22 nitrogen and oxygen atoms in total. The predicted octanol–water partition coefficient (Wildman–Crippen LogP) is 7.28. The van der Waals surface area contributed by atoms with Crippen LogP contribution in [-0.2, 0) is 40.7 Å². The quantitative estimate of drug-likeness (QED) is 0.0725. The van der Waals surface area contributed by atoms with Crippen molar-refractivity contribution in [3.05, 3.63) is 131 Å². The third-order valence-corrected chi connectivity index (χ3v) is 16.0. The molecule has 0 aliphatic heterocycles. The summed E-state index contributed by atoms with van der Waals surface area (Å²) >= 11 is 0. The number of ether oxygens (including phenoxy) is 6. The van der Waals surface area contributed by atoms with Gasteiger partial charge in [0.05, 0.1) is 38.9 Å².